The predicted molar refractivity (Wildman–Crippen MR) is 89.6 cm³/mol. The molecule has 0 aromatic carbocycles. The molecule has 0 saturated heterocycles. The molecule has 0 bridgehead atoms. The number of rotatable bonds is 8. The summed E-state index contributed by atoms with van der Waals surface area (Å²) in [6, 6.07) is 0. The maximum atomic E-state index is 12.2. The van der Waals surface area contributed by atoms with Crippen molar-refractivity contribution in [2.75, 3.05) is 7.11 Å². The van der Waals surface area contributed by atoms with Gasteiger partial charge in [-0.15, -0.1) is 0 Å². The van der Waals surface area contributed by atoms with Crippen molar-refractivity contribution in [2.24, 2.45) is 17.8 Å². The summed E-state index contributed by atoms with van der Waals surface area (Å²) in [5.74, 6) is -3.19. The summed E-state index contributed by atoms with van der Waals surface area (Å²) in [7, 11) is 1.39. The first-order chi connectivity index (χ1) is 10.8. The molecule has 0 aliphatic carbocycles. The quantitative estimate of drug-likeness (QED) is 0.522. The minimum absolute atomic E-state index is 0.468. The van der Waals surface area contributed by atoms with E-state index in [1.807, 2.05) is 0 Å². The van der Waals surface area contributed by atoms with E-state index in [2.05, 4.69) is 0 Å². The Labute approximate surface area is 149 Å². The van der Waals surface area contributed by atoms with Crippen LogP contribution in [0.15, 0.2) is 0 Å². The normalized spacial score (nSPS) is 12.5. The third kappa shape index (κ3) is 5.91. The molecule has 0 radical (unpaired) electrons. The second kappa shape index (κ2) is 9.03. The van der Waals surface area contributed by atoms with Crippen LogP contribution in [-0.2, 0) is 28.3 Å². The second-order valence-electron chi connectivity index (χ2n) is 7.00. The molecule has 8 heteroatoms. The minimum atomic E-state index is -5.12. The van der Waals surface area contributed by atoms with Crippen molar-refractivity contribution in [1.82, 2.24) is 0 Å². The van der Waals surface area contributed by atoms with Crippen LogP contribution in [-0.4, -0.2) is 48.3 Å². The third-order valence-electron chi connectivity index (χ3n) is 3.37. The molecule has 7 nitrogen and oxygen atoms in total. The topological polar surface area (TPSA) is 88.1 Å². The van der Waals surface area contributed by atoms with Gasteiger partial charge in [-0.25, -0.2) is 0 Å². The molecule has 0 saturated carbocycles. The van der Waals surface area contributed by atoms with Gasteiger partial charge < -0.3 is 0 Å². The van der Waals surface area contributed by atoms with Crippen molar-refractivity contribution in [1.29, 1.82) is 0 Å². The van der Waals surface area contributed by atoms with E-state index in [1.165, 1.54) is 7.11 Å². The van der Waals surface area contributed by atoms with Crippen molar-refractivity contribution >= 4 is 37.5 Å². The molecule has 0 unspecified atom stereocenters. The van der Waals surface area contributed by atoms with Crippen molar-refractivity contribution < 1.29 is 28.3 Å². The summed E-state index contributed by atoms with van der Waals surface area (Å²) < 4.78 is 20.9. The van der Waals surface area contributed by atoms with Gasteiger partial charge in [-0.05, 0) is 0 Å². The fraction of sp³-hybridized carbons (Fsp3) is 0.812. The number of carbonyl (C=O) groups is 3. The summed E-state index contributed by atoms with van der Waals surface area (Å²) in [5, 5.41) is 0. The first-order valence-electron chi connectivity index (χ1n) is 8.03. The van der Waals surface area contributed by atoms with Gasteiger partial charge in [-0.2, -0.15) is 0 Å². The fourth-order valence-electron chi connectivity index (χ4n) is 1.31. The van der Waals surface area contributed by atoms with E-state index in [-0.39, 0.29) is 0 Å². The third-order valence-corrected chi connectivity index (χ3v) is 12.2. The zero-order valence-electron chi connectivity index (χ0n) is 16.1. The Balaban J connectivity index is 6.04. The Morgan fingerprint density at radius 1 is 0.708 bits per heavy atom. The fourth-order valence-corrected chi connectivity index (χ4v) is 8.77. The summed E-state index contributed by atoms with van der Waals surface area (Å²) >= 11 is -5.12. The standard InChI is InChI=1S/3C4H8O2.C4H9O.Sn/c3*1-3(2)4(5)6;1-4(2)5-3;/h3*3H,1-2H3,(H,5,6);1-3H3;/q;;;;+3/p-3. The van der Waals surface area contributed by atoms with Crippen molar-refractivity contribution in [3.63, 3.8) is 0 Å². The Morgan fingerprint density at radius 2 is 0.958 bits per heavy atom. The van der Waals surface area contributed by atoms with Gasteiger partial charge in [0, 0.05) is 0 Å². The van der Waals surface area contributed by atoms with Crippen LogP contribution in [0.4, 0.5) is 0 Å². The monoisotopic (exact) mass is 454 g/mol. The Bertz CT molecular complexity index is 414. The van der Waals surface area contributed by atoms with Gasteiger partial charge in [0.2, 0.25) is 0 Å². The summed E-state index contributed by atoms with van der Waals surface area (Å²) in [6.45, 7) is 13.1. The number of carbonyl (C=O) groups excluding carboxylic acids is 3. The molecule has 0 aromatic rings. The molecule has 140 valence electrons. The van der Waals surface area contributed by atoms with E-state index in [4.69, 9.17) is 14.0 Å². The van der Waals surface area contributed by atoms with Gasteiger partial charge in [-0.3, -0.25) is 0 Å². The second-order valence-corrected chi connectivity index (χ2v) is 15.4. The zero-order valence-corrected chi connectivity index (χ0v) is 18.9. The van der Waals surface area contributed by atoms with Crippen molar-refractivity contribution in [3.8, 4) is 0 Å². The molecule has 0 rings (SSSR count). The molecular weight excluding hydrogens is 423 g/mol. The number of ether oxygens (including phenoxy) is 1. The Hall–Kier alpha value is -0.831. The number of hydrogen-bond acceptors (Lipinski definition) is 7. The molecule has 24 heavy (non-hydrogen) atoms. The molecule has 0 N–H and O–H groups in total. The van der Waals surface area contributed by atoms with Gasteiger partial charge >= 0.3 is 150 Å². The number of methoxy groups -OCH3 is 1. The average molecular weight is 453 g/mol. The Kier molecular flexibility index (Phi) is 8.72. The molecule has 0 fully saturated rings. The van der Waals surface area contributed by atoms with E-state index < -0.39 is 58.9 Å². The van der Waals surface area contributed by atoms with Gasteiger partial charge in [-0.1, -0.05) is 0 Å². The molecule has 0 atom stereocenters. The Morgan fingerprint density at radius 3 is 1.12 bits per heavy atom. The van der Waals surface area contributed by atoms with Crippen LogP contribution in [0.5, 0.6) is 0 Å². The van der Waals surface area contributed by atoms with Crippen LogP contribution in [0.3, 0.4) is 0 Å². The molecule has 0 aliphatic rings. The van der Waals surface area contributed by atoms with E-state index in [0.29, 0.717) is 0 Å². The van der Waals surface area contributed by atoms with Gasteiger partial charge in [0.05, 0.1) is 0 Å². The summed E-state index contributed by atoms with van der Waals surface area (Å²) in [6.07, 6.45) is 0. The van der Waals surface area contributed by atoms with Crippen LogP contribution < -0.4 is 0 Å². The molecule has 0 heterocycles. The molecule has 0 aliphatic heterocycles. The molecule has 0 amide bonds. The maximum absolute atomic E-state index is 12.2. The van der Waals surface area contributed by atoms with Crippen LogP contribution in [0.2, 0.25) is 0 Å². The molecular formula is C16H30O7Sn. The predicted octanol–water partition coefficient (Wildman–Crippen LogP) is 2.49. The molecule has 0 aromatic heterocycles. The average Bonchev–Trinajstić information content (AvgIpc) is 2.45. The first-order valence-corrected chi connectivity index (χ1v) is 13.0. The van der Waals surface area contributed by atoms with Gasteiger partial charge in [0.15, 0.2) is 0 Å². The van der Waals surface area contributed by atoms with Crippen LogP contribution in [0.1, 0.15) is 55.4 Å². The summed E-state index contributed by atoms with van der Waals surface area (Å²) in [5.41, 5.74) is 0. The van der Waals surface area contributed by atoms with Crippen LogP contribution >= 0.6 is 0 Å². The van der Waals surface area contributed by atoms with E-state index >= 15 is 0 Å². The van der Waals surface area contributed by atoms with Crippen molar-refractivity contribution in [2.45, 2.75) is 59.0 Å². The zero-order chi connectivity index (χ0) is 19.3. The van der Waals surface area contributed by atoms with E-state index in [0.717, 1.165) is 0 Å². The number of hydrogen-bond donors (Lipinski definition) is 0. The van der Waals surface area contributed by atoms with Crippen LogP contribution in [0, 0.1) is 17.8 Å². The summed E-state index contributed by atoms with van der Waals surface area (Å²) in [4.78, 5) is 36.6. The van der Waals surface area contributed by atoms with E-state index in [1.54, 1.807) is 55.4 Å². The van der Waals surface area contributed by atoms with E-state index in [9.17, 15) is 14.4 Å². The van der Waals surface area contributed by atoms with Gasteiger partial charge in [0.25, 0.3) is 0 Å². The van der Waals surface area contributed by atoms with Crippen molar-refractivity contribution in [3.05, 3.63) is 0 Å². The van der Waals surface area contributed by atoms with Crippen LogP contribution in [0.25, 0.3) is 0 Å². The van der Waals surface area contributed by atoms with Gasteiger partial charge in [0.1, 0.15) is 0 Å². The molecule has 0 spiro atoms. The SMILES string of the molecule is CO[C](C)(C)[Sn]([O]C(=O)C(C)C)([O]C(=O)C(C)C)[O]C(=O)C(C)C. The first kappa shape index (κ1) is 23.2.